The van der Waals surface area contributed by atoms with Crippen molar-refractivity contribution < 1.29 is 27.0 Å². The number of halogens is 4. The molecule has 0 spiro atoms. The molecule has 6 heteroatoms. The second kappa shape index (κ2) is 7.97. The number of rotatable bonds is 8. The van der Waals surface area contributed by atoms with Crippen LogP contribution in [0.3, 0.4) is 0 Å². The summed E-state index contributed by atoms with van der Waals surface area (Å²) >= 11 is 0. The summed E-state index contributed by atoms with van der Waals surface area (Å²) in [7, 11) is 0. The lowest BCUT2D eigenvalue weighted by Gasteiger charge is -2.18. The highest BCUT2D eigenvalue weighted by molar-refractivity contribution is 5.50. The monoisotopic (exact) mass is 294 g/mol. The van der Waals surface area contributed by atoms with Crippen LogP contribution in [0, 0.1) is 0 Å². The third kappa shape index (κ3) is 4.02. The molecule has 0 atom stereocenters. The lowest BCUT2D eigenvalue weighted by Crippen LogP contribution is -2.06. The average Bonchev–Trinajstić information content (AvgIpc) is 2.39. The number of hydrogen-bond acceptors (Lipinski definition) is 2. The lowest BCUT2D eigenvalue weighted by atomic mass is 10.1. The minimum Gasteiger partial charge on any atom is -0.493 e. The molecule has 0 saturated heterocycles. The Labute approximate surface area is 115 Å². The predicted molar refractivity (Wildman–Crippen MR) is 67.9 cm³/mol. The van der Waals surface area contributed by atoms with Crippen molar-refractivity contribution in [3.63, 3.8) is 0 Å². The van der Waals surface area contributed by atoms with Crippen LogP contribution in [0.1, 0.15) is 50.7 Å². The predicted octanol–water partition coefficient (Wildman–Crippen LogP) is 5.14. The van der Waals surface area contributed by atoms with Gasteiger partial charge in [0.1, 0.15) is 11.5 Å². The van der Waals surface area contributed by atoms with Gasteiger partial charge in [-0.25, -0.2) is 17.6 Å². The highest BCUT2D eigenvalue weighted by Crippen LogP contribution is 2.42. The Morgan fingerprint density at radius 3 is 1.80 bits per heavy atom. The van der Waals surface area contributed by atoms with E-state index < -0.39 is 24.0 Å². The normalized spacial score (nSPS) is 11.2. The van der Waals surface area contributed by atoms with Crippen molar-refractivity contribution in [2.75, 3.05) is 13.2 Å². The van der Waals surface area contributed by atoms with E-state index in [4.69, 9.17) is 9.47 Å². The molecule has 0 fully saturated rings. The van der Waals surface area contributed by atoms with Gasteiger partial charge in [-0.1, -0.05) is 13.3 Å². The summed E-state index contributed by atoms with van der Waals surface area (Å²) < 4.78 is 62.6. The number of ether oxygens (including phenoxy) is 2. The van der Waals surface area contributed by atoms with Gasteiger partial charge in [0.25, 0.3) is 12.9 Å². The van der Waals surface area contributed by atoms with E-state index in [0.29, 0.717) is 6.42 Å². The van der Waals surface area contributed by atoms with E-state index in [1.165, 1.54) is 12.1 Å². The fourth-order valence-corrected chi connectivity index (χ4v) is 1.78. The SMILES string of the molecule is CCCCOc1ccc(OCC)c(C(F)F)c1C(F)F. The highest BCUT2D eigenvalue weighted by atomic mass is 19.3. The molecular formula is C14H18F4O2. The molecule has 2 nitrogen and oxygen atoms in total. The molecule has 0 unspecified atom stereocenters. The average molecular weight is 294 g/mol. The number of hydrogen-bond donors (Lipinski definition) is 0. The molecule has 1 aromatic rings. The maximum atomic E-state index is 13.1. The molecule has 0 saturated carbocycles. The molecule has 0 bridgehead atoms. The van der Waals surface area contributed by atoms with Crippen LogP contribution in [0.2, 0.25) is 0 Å². The van der Waals surface area contributed by atoms with Crippen LogP contribution < -0.4 is 9.47 Å². The molecule has 1 rings (SSSR count). The van der Waals surface area contributed by atoms with Crippen LogP contribution >= 0.6 is 0 Å². The van der Waals surface area contributed by atoms with Gasteiger partial charge < -0.3 is 9.47 Å². The van der Waals surface area contributed by atoms with Crippen molar-refractivity contribution in [2.45, 2.75) is 39.5 Å². The fraction of sp³-hybridized carbons (Fsp3) is 0.571. The Hall–Kier alpha value is -1.46. The first kappa shape index (κ1) is 16.6. The molecule has 20 heavy (non-hydrogen) atoms. The summed E-state index contributed by atoms with van der Waals surface area (Å²) in [6.45, 7) is 3.86. The van der Waals surface area contributed by atoms with Gasteiger partial charge in [-0.3, -0.25) is 0 Å². The molecule has 0 aliphatic carbocycles. The summed E-state index contributed by atoms with van der Waals surface area (Å²) in [6, 6.07) is 2.51. The zero-order valence-corrected chi connectivity index (χ0v) is 11.5. The summed E-state index contributed by atoms with van der Waals surface area (Å²) in [4.78, 5) is 0. The van der Waals surface area contributed by atoms with Gasteiger partial charge in [-0.2, -0.15) is 0 Å². The van der Waals surface area contributed by atoms with Crippen LogP contribution in [0.5, 0.6) is 11.5 Å². The molecule has 0 aliphatic rings. The summed E-state index contributed by atoms with van der Waals surface area (Å²) in [6.07, 6.45) is -4.60. The fourth-order valence-electron chi connectivity index (χ4n) is 1.78. The first-order valence-corrected chi connectivity index (χ1v) is 6.51. The number of unbranched alkanes of at least 4 members (excludes halogenated alkanes) is 1. The van der Waals surface area contributed by atoms with Crippen molar-refractivity contribution in [3.05, 3.63) is 23.3 Å². The molecule has 0 amide bonds. The second-order valence-electron chi connectivity index (χ2n) is 4.13. The molecule has 0 aliphatic heterocycles. The minimum atomic E-state index is -3.05. The highest BCUT2D eigenvalue weighted by Gasteiger charge is 2.28. The quantitative estimate of drug-likeness (QED) is 0.488. The van der Waals surface area contributed by atoms with Gasteiger partial charge in [-0.15, -0.1) is 0 Å². The summed E-state index contributed by atoms with van der Waals surface area (Å²) in [5.41, 5.74) is -1.56. The molecule has 0 heterocycles. The van der Waals surface area contributed by atoms with Gasteiger partial charge in [0.2, 0.25) is 0 Å². The van der Waals surface area contributed by atoms with Crippen LogP contribution in [-0.4, -0.2) is 13.2 Å². The zero-order chi connectivity index (χ0) is 15.1. The van der Waals surface area contributed by atoms with E-state index in [0.717, 1.165) is 6.42 Å². The first-order chi connectivity index (χ1) is 9.52. The Morgan fingerprint density at radius 1 is 0.900 bits per heavy atom. The van der Waals surface area contributed by atoms with E-state index in [1.807, 2.05) is 6.92 Å². The Bertz CT molecular complexity index is 422. The van der Waals surface area contributed by atoms with Gasteiger partial charge >= 0.3 is 0 Å². The van der Waals surface area contributed by atoms with Crippen molar-refractivity contribution in [3.8, 4) is 11.5 Å². The molecule has 0 radical (unpaired) electrons. The molecule has 0 aromatic heterocycles. The van der Waals surface area contributed by atoms with E-state index in [2.05, 4.69) is 0 Å². The van der Waals surface area contributed by atoms with Crippen molar-refractivity contribution in [1.29, 1.82) is 0 Å². The van der Waals surface area contributed by atoms with E-state index in [9.17, 15) is 17.6 Å². The van der Waals surface area contributed by atoms with Gasteiger partial charge in [0.15, 0.2) is 0 Å². The number of alkyl halides is 4. The molecule has 114 valence electrons. The standard InChI is InChI=1S/C14H18F4O2/c1-3-5-8-20-10-7-6-9(19-4-2)11(13(15)16)12(10)14(17)18/h6-7,13-14H,3-5,8H2,1-2H3. The van der Waals surface area contributed by atoms with Crippen molar-refractivity contribution >= 4 is 0 Å². The zero-order valence-electron chi connectivity index (χ0n) is 11.5. The topological polar surface area (TPSA) is 18.5 Å². The number of benzene rings is 1. The molecule has 1 aromatic carbocycles. The third-order valence-corrected chi connectivity index (χ3v) is 2.70. The Kier molecular flexibility index (Phi) is 6.61. The van der Waals surface area contributed by atoms with Crippen LogP contribution in [0.15, 0.2) is 12.1 Å². The minimum absolute atomic E-state index is 0.123. The largest absolute Gasteiger partial charge is 0.493 e. The Morgan fingerprint density at radius 2 is 1.40 bits per heavy atom. The van der Waals surface area contributed by atoms with Crippen LogP contribution in [0.25, 0.3) is 0 Å². The van der Waals surface area contributed by atoms with Gasteiger partial charge in [0.05, 0.1) is 24.3 Å². The lowest BCUT2D eigenvalue weighted by molar-refractivity contribution is 0.116. The first-order valence-electron chi connectivity index (χ1n) is 6.51. The molecule has 0 N–H and O–H groups in total. The summed E-state index contributed by atoms with van der Waals surface area (Å²) in [5, 5.41) is 0. The summed E-state index contributed by atoms with van der Waals surface area (Å²) in [5.74, 6) is -0.423. The smallest absolute Gasteiger partial charge is 0.268 e. The van der Waals surface area contributed by atoms with Crippen LogP contribution in [0.4, 0.5) is 17.6 Å². The van der Waals surface area contributed by atoms with Crippen molar-refractivity contribution in [2.24, 2.45) is 0 Å². The molecular weight excluding hydrogens is 276 g/mol. The van der Waals surface area contributed by atoms with Crippen LogP contribution in [-0.2, 0) is 0 Å². The van der Waals surface area contributed by atoms with E-state index >= 15 is 0 Å². The maximum absolute atomic E-state index is 13.1. The van der Waals surface area contributed by atoms with E-state index in [-0.39, 0.29) is 24.7 Å². The van der Waals surface area contributed by atoms with E-state index in [1.54, 1.807) is 6.92 Å². The van der Waals surface area contributed by atoms with Gasteiger partial charge in [-0.05, 0) is 25.5 Å². The van der Waals surface area contributed by atoms with Crippen molar-refractivity contribution in [1.82, 2.24) is 0 Å². The van der Waals surface area contributed by atoms with Gasteiger partial charge in [0, 0.05) is 0 Å². The Balaban J connectivity index is 3.21. The second-order valence-corrected chi connectivity index (χ2v) is 4.13. The third-order valence-electron chi connectivity index (χ3n) is 2.70. The maximum Gasteiger partial charge on any atom is 0.268 e.